The Hall–Kier alpha value is -0.610. The van der Waals surface area contributed by atoms with Crippen LogP contribution in [0.5, 0.6) is 0 Å². The second kappa shape index (κ2) is 2.98. The van der Waals surface area contributed by atoms with Crippen LogP contribution in [0.1, 0.15) is 6.42 Å². The number of carbonyl (C=O) groups is 1. The first-order valence-electron chi connectivity index (χ1n) is 3.23. The minimum Gasteiger partial charge on any atom is -0.468 e. The molecule has 1 rings (SSSR count). The average Bonchev–Trinajstić information content (AvgIpc) is 2.34. The molecule has 1 aliphatic rings. The topological polar surface area (TPSA) is 58.6 Å². The first-order valence-corrected chi connectivity index (χ1v) is 3.23. The molecule has 0 amide bonds. The van der Waals surface area contributed by atoms with Gasteiger partial charge in [-0.2, -0.15) is 0 Å². The molecule has 0 radical (unpaired) electrons. The lowest BCUT2D eigenvalue weighted by Gasteiger charge is -2.05. The zero-order chi connectivity index (χ0) is 7.56. The monoisotopic (exact) mass is 145 g/mol. The van der Waals surface area contributed by atoms with E-state index in [1.54, 1.807) is 0 Å². The van der Waals surface area contributed by atoms with Gasteiger partial charge in [-0.05, 0) is 0 Å². The van der Waals surface area contributed by atoms with Gasteiger partial charge in [-0.25, -0.2) is 0 Å². The van der Waals surface area contributed by atoms with Crippen LogP contribution in [0.4, 0.5) is 0 Å². The molecule has 0 saturated carbocycles. The van der Waals surface area contributed by atoms with Crippen molar-refractivity contribution >= 4 is 5.97 Å². The summed E-state index contributed by atoms with van der Waals surface area (Å²) < 4.78 is 4.47. The first kappa shape index (κ1) is 7.50. The molecule has 0 aromatic carbocycles. The first-order chi connectivity index (χ1) is 4.74. The third-order valence-corrected chi connectivity index (χ3v) is 1.59. The van der Waals surface area contributed by atoms with Gasteiger partial charge in [-0.15, -0.1) is 0 Å². The SMILES string of the molecule is COC(=O)[C@H]1CC(O)CN1. The number of rotatable bonds is 1. The highest BCUT2D eigenvalue weighted by Gasteiger charge is 2.28. The number of carbonyl (C=O) groups excluding carboxylic acids is 1. The van der Waals surface area contributed by atoms with E-state index >= 15 is 0 Å². The molecule has 2 atom stereocenters. The molecule has 1 fully saturated rings. The van der Waals surface area contributed by atoms with E-state index in [0.29, 0.717) is 13.0 Å². The maximum Gasteiger partial charge on any atom is 0.322 e. The van der Waals surface area contributed by atoms with Crippen LogP contribution in [-0.2, 0) is 9.53 Å². The fraction of sp³-hybridized carbons (Fsp3) is 0.833. The Bertz CT molecular complexity index is 137. The number of esters is 1. The highest BCUT2D eigenvalue weighted by atomic mass is 16.5. The highest BCUT2D eigenvalue weighted by Crippen LogP contribution is 2.06. The molecule has 1 saturated heterocycles. The zero-order valence-electron chi connectivity index (χ0n) is 5.83. The van der Waals surface area contributed by atoms with Crippen molar-refractivity contribution in [3.63, 3.8) is 0 Å². The van der Waals surface area contributed by atoms with Gasteiger partial charge in [0.25, 0.3) is 0 Å². The number of methoxy groups -OCH3 is 1. The molecule has 10 heavy (non-hydrogen) atoms. The molecule has 0 aromatic heterocycles. The van der Waals surface area contributed by atoms with E-state index in [1.807, 2.05) is 0 Å². The van der Waals surface area contributed by atoms with Crippen molar-refractivity contribution in [1.29, 1.82) is 0 Å². The van der Waals surface area contributed by atoms with E-state index in [1.165, 1.54) is 7.11 Å². The molecular weight excluding hydrogens is 134 g/mol. The van der Waals surface area contributed by atoms with Crippen LogP contribution in [0.3, 0.4) is 0 Å². The fourth-order valence-corrected chi connectivity index (χ4v) is 1.04. The van der Waals surface area contributed by atoms with Crippen LogP contribution in [0.15, 0.2) is 0 Å². The molecule has 1 heterocycles. The molecule has 0 spiro atoms. The van der Waals surface area contributed by atoms with Crippen LogP contribution in [-0.4, -0.2) is 36.9 Å². The Labute approximate surface area is 59.2 Å². The van der Waals surface area contributed by atoms with Crippen molar-refractivity contribution in [3.8, 4) is 0 Å². The maximum atomic E-state index is 10.8. The molecule has 0 aliphatic carbocycles. The molecular formula is C6H11NO3. The number of aliphatic hydroxyl groups is 1. The molecule has 2 N–H and O–H groups in total. The minimum absolute atomic E-state index is 0.295. The van der Waals surface area contributed by atoms with E-state index in [9.17, 15) is 4.79 Å². The third kappa shape index (κ3) is 1.46. The molecule has 0 bridgehead atoms. The standard InChI is InChI=1S/C6H11NO3/c1-10-6(9)5-2-4(8)3-7-5/h4-5,7-8H,2-3H2,1H3/t4?,5-/m1/s1. The van der Waals surface area contributed by atoms with Gasteiger partial charge < -0.3 is 15.2 Å². The Morgan fingerprint density at radius 2 is 2.50 bits per heavy atom. The number of nitrogens with one attached hydrogen (secondary N) is 1. The van der Waals surface area contributed by atoms with E-state index in [0.717, 1.165) is 0 Å². The molecule has 1 aliphatic heterocycles. The smallest absolute Gasteiger partial charge is 0.322 e. The van der Waals surface area contributed by atoms with Crippen LogP contribution >= 0.6 is 0 Å². The van der Waals surface area contributed by atoms with Gasteiger partial charge in [0, 0.05) is 13.0 Å². The summed E-state index contributed by atoms with van der Waals surface area (Å²) in [6.07, 6.45) is 0.0660. The lowest BCUT2D eigenvalue weighted by Crippen LogP contribution is -2.31. The third-order valence-electron chi connectivity index (χ3n) is 1.59. The number of hydrogen-bond acceptors (Lipinski definition) is 4. The second-order valence-corrected chi connectivity index (χ2v) is 2.37. The molecule has 0 aromatic rings. The summed E-state index contributed by atoms with van der Waals surface area (Å²) >= 11 is 0. The van der Waals surface area contributed by atoms with Crippen molar-refractivity contribution in [1.82, 2.24) is 5.32 Å². The fourth-order valence-electron chi connectivity index (χ4n) is 1.04. The summed E-state index contributed by atoms with van der Waals surface area (Å²) in [6.45, 7) is 0.486. The number of β-amino-alcohol motifs (C(OH)–C–C–N with tert-alkyl or cyclic N) is 1. The Balaban J connectivity index is 2.37. The Kier molecular flexibility index (Phi) is 2.24. The largest absolute Gasteiger partial charge is 0.468 e. The predicted octanol–water partition coefficient (Wildman–Crippen LogP) is -1.12. The molecule has 4 nitrogen and oxygen atoms in total. The molecule has 1 unspecified atom stereocenters. The van der Waals surface area contributed by atoms with Gasteiger partial charge in [-0.3, -0.25) is 4.79 Å². The average molecular weight is 145 g/mol. The summed E-state index contributed by atoms with van der Waals surface area (Å²) in [4.78, 5) is 10.8. The highest BCUT2D eigenvalue weighted by molar-refractivity contribution is 5.76. The van der Waals surface area contributed by atoms with Crippen molar-refractivity contribution in [3.05, 3.63) is 0 Å². The van der Waals surface area contributed by atoms with Gasteiger partial charge in [0.05, 0.1) is 13.2 Å². The minimum atomic E-state index is -0.399. The lowest BCUT2D eigenvalue weighted by atomic mass is 10.2. The van der Waals surface area contributed by atoms with Crippen LogP contribution in [0, 0.1) is 0 Å². The van der Waals surface area contributed by atoms with Crippen LogP contribution in [0.25, 0.3) is 0 Å². The summed E-state index contributed by atoms with van der Waals surface area (Å²) in [6, 6.07) is -0.306. The summed E-state index contributed by atoms with van der Waals surface area (Å²) in [5.74, 6) is -0.295. The lowest BCUT2D eigenvalue weighted by molar-refractivity contribution is -0.142. The van der Waals surface area contributed by atoms with Crippen molar-refractivity contribution in [2.24, 2.45) is 0 Å². The van der Waals surface area contributed by atoms with Crippen molar-refractivity contribution in [2.45, 2.75) is 18.6 Å². The molecule has 4 heteroatoms. The van der Waals surface area contributed by atoms with E-state index in [4.69, 9.17) is 5.11 Å². The maximum absolute atomic E-state index is 10.8. The summed E-state index contributed by atoms with van der Waals surface area (Å²) in [5, 5.41) is 11.8. The van der Waals surface area contributed by atoms with E-state index in [-0.39, 0.29) is 12.0 Å². The normalized spacial score (nSPS) is 32.2. The Morgan fingerprint density at radius 3 is 2.90 bits per heavy atom. The Morgan fingerprint density at radius 1 is 1.80 bits per heavy atom. The van der Waals surface area contributed by atoms with E-state index in [2.05, 4.69) is 10.1 Å². The summed E-state index contributed by atoms with van der Waals surface area (Å²) in [5.41, 5.74) is 0. The van der Waals surface area contributed by atoms with Gasteiger partial charge in [-0.1, -0.05) is 0 Å². The van der Waals surface area contributed by atoms with Crippen LogP contribution in [0.2, 0.25) is 0 Å². The molecule has 58 valence electrons. The van der Waals surface area contributed by atoms with Crippen molar-refractivity contribution in [2.75, 3.05) is 13.7 Å². The van der Waals surface area contributed by atoms with Crippen molar-refractivity contribution < 1.29 is 14.6 Å². The van der Waals surface area contributed by atoms with Gasteiger partial charge >= 0.3 is 5.97 Å². The summed E-state index contributed by atoms with van der Waals surface area (Å²) in [7, 11) is 1.34. The predicted molar refractivity (Wildman–Crippen MR) is 34.4 cm³/mol. The van der Waals surface area contributed by atoms with Gasteiger partial charge in [0.2, 0.25) is 0 Å². The van der Waals surface area contributed by atoms with Gasteiger partial charge in [0.15, 0.2) is 0 Å². The number of aliphatic hydroxyl groups excluding tert-OH is 1. The van der Waals surface area contributed by atoms with Crippen LogP contribution < -0.4 is 5.32 Å². The zero-order valence-corrected chi connectivity index (χ0v) is 5.83. The number of hydrogen-bond donors (Lipinski definition) is 2. The quantitative estimate of drug-likeness (QED) is 0.459. The van der Waals surface area contributed by atoms with Gasteiger partial charge in [0.1, 0.15) is 6.04 Å². The number of ether oxygens (including phenoxy) is 1. The van der Waals surface area contributed by atoms with E-state index < -0.39 is 6.10 Å². The second-order valence-electron chi connectivity index (χ2n) is 2.37.